The molecule has 1 atom stereocenters. The Labute approximate surface area is 176 Å². The first-order chi connectivity index (χ1) is 14.0. The van der Waals surface area contributed by atoms with Gasteiger partial charge in [0.1, 0.15) is 0 Å². The molecule has 0 spiro atoms. The van der Waals surface area contributed by atoms with Gasteiger partial charge in [0, 0.05) is 12.1 Å². The minimum atomic E-state index is -3.65. The van der Waals surface area contributed by atoms with Crippen LogP contribution in [0.25, 0.3) is 0 Å². The standard InChI is InChI=1S/C19H23N3O6S2/c1-27-18-9-8-14(11-19(18)28-2)17-12-16(20-22(17)30(4,25)26)13-6-5-7-15(10-13)21-29(3,23)24/h5-11,17,21H,12H2,1-4H3. The Morgan fingerprint density at radius 2 is 1.70 bits per heavy atom. The topological polar surface area (TPSA) is 114 Å². The number of ether oxygens (including phenoxy) is 2. The van der Waals surface area contributed by atoms with Crippen LogP contribution in [0.1, 0.15) is 23.6 Å². The molecule has 1 heterocycles. The van der Waals surface area contributed by atoms with Crippen LogP contribution in [0, 0.1) is 0 Å². The lowest BCUT2D eigenvalue weighted by molar-refractivity contribution is 0.349. The molecule has 1 aliphatic rings. The van der Waals surface area contributed by atoms with Gasteiger partial charge in [-0.2, -0.15) is 9.52 Å². The highest BCUT2D eigenvalue weighted by Gasteiger charge is 2.35. The SMILES string of the molecule is COc1ccc(C2CC(c3cccc(NS(C)(=O)=O)c3)=NN2S(C)(=O)=O)cc1OC. The smallest absolute Gasteiger partial charge is 0.247 e. The zero-order valence-electron chi connectivity index (χ0n) is 17.0. The molecule has 0 aromatic heterocycles. The Kier molecular flexibility index (Phi) is 5.95. The van der Waals surface area contributed by atoms with Gasteiger partial charge in [0.05, 0.1) is 38.5 Å². The van der Waals surface area contributed by atoms with E-state index in [-0.39, 0.29) is 0 Å². The van der Waals surface area contributed by atoms with Gasteiger partial charge in [0.2, 0.25) is 20.0 Å². The Morgan fingerprint density at radius 3 is 2.30 bits per heavy atom. The Balaban J connectivity index is 2.00. The van der Waals surface area contributed by atoms with Crippen molar-refractivity contribution in [3.63, 3.8) is 0 Å². The highest BCUT2D eigenvalue weighted by atomic mass is 32.2. The van der Waals surface area contributed by atoms with Crippen LogP contribution >= 0.6 is 0 Å². The second-order valence-corrected chi connectivity index (χ2v) is 10.5. The molecule has 2 aromatic carbocycles. The number of methoxy groups -OCH3 is 2. The molecule has 1 N–H and O–H groups in total. The summed E-state index contributed by atoms with van der Waals surface area (Å²) >= 11 is 0. The summed E-state index contributed by atoms with van der Waals surface area (Å²) in [6, 6.07) is 11.3. The second-order valence-electron chi connectivity index (χ2n) is 6.87. The van der Waals surface area contributed by atoms with Crippen LogP contribution in [0.15, 0.2) is 47.6 Å². The Bertz CT molecular complexity index is 1190. The van der Waals surface area contributed by atoms with Gasteiger partial charge in [-0.05, 0) is 35.4 Å². The third-order valence-electron chi connectivity index (χ3n) is 4.50. The van der Waals surface area contributed by atoms with E-state index in [0.717, 1.165) is 16.9 Å². The van der Waals surface area contributed by atoms with Gasteiger partial charge in [-0.3, -0.25) is 4.72 Å². The molecule has 9 nitrogen and oxygen atoms in total. The summed E-state index contributed by atoms with van der Waals surface area (Å²) in [5, 5.41) is 4.34. The highest BCUT2D eigenvalue weighted by molar-refractivity contribution is 7.92. The molecule has 1 unspecified atom stereocenters. The summed E-state index contributed by atoms with van der Waals surface area (Å²) in [6.07, 6.45) is 2.46. The predicted molar refractivity (Wildman–Crippen MR) is 115 cm³/mol. The van der Waals surface area contributed by atoms with Crippen molar-refractivity contribution in [2.45, 2.75) is 12.5 Å². The summed E-state index contributed by atoms with van der Waals surface area (Å²) < 4.78 is 61.9. The summed E-state index contributed by atoms with van der Waals surface area (Å²) in [5.41, 5.74) is 2.22. The van der Waals surface area contributed by atoms with E-state index < -0.39 is 26.1 Å². The molecule has 0 amide bonds. The summed E-state index contributed by atoms with van der Waals surface area (Å²) in [4.78, 5) is 0. The lowest BCUT2D eigenvalue weighted by Crippen LogP contribution is -2.25. The van der Waals surface area contributed by atoms with Crippen molar-refractivity contribution in [3.8, 4) is 11.5 Å². The molecule has 0 saturated heterocycles. The molecule has 0 fully saturated rings. The van der Waals surface area contributed by atoms with Crippen molar-refractivity contribution < 1.29 is 26.3 Å². The number of hydrogen-bond acceptors (Lipinski definition) is 7. The average molecular weight is 454 g/mol. The molecule has 3 rings (SSSR count). The van der Waals surface area contributed by atoms with Crippen LogP contribution in [-0.4, -0.2) is 53.7 Å². The maximum atomic E-state index is 12.4. The molecule has 2 aromatic rings. The maximum absolute atomic E-state index is 12.4. The average Bonchev–Trinajstić information content (AvgIpc) is 3.12. The molecule has 30 heavy (non-hydrogen) atoms. The third kappa shape index (κ3) is 4.85. The fourth-order valence-corrected chi connectivity index (χ4v) is 4.71. The molecule has 0 bridgehead atoms. The summed E-state index contributed by atoms with van der Waals surface area (Å²) in [5.74, 6) is 1.02. The fourth-order valence-electron chi connectivity index (χ4n) is 3.25. The zero-order valence-corrected chi connectivity index (χ0v) is 18.6. The Morgan fingerprint density at radius 1 is 1.00 bits per heavy atom. The Hall–Kier alpha value is -2.79. The number of nitrogens with zero attached hydrogens (tertiary/aromatic N) is 2. The van der Waals surface area contributed by atoms with E-state index in [9.17, 15) is 16.8 Å². The number of hydrazone groups is 1. The van der Waals surface area contributed by atoms with Gasteiger partial charge in [0.25, 0.3) is 0 Å². The van der Waals surface area contributed by atoms with Crippen LogP contribution in [0.2, 0.25) is 0 Å². The lowest BCUT2D eigenvalue weighted by atomic mass is 9.98. The summed E-state index contributed by atoms with van der Waals surface area (Å²) in [6.45, 7) is 0. The highest BCUT2D eigenvalue weighted by Crippen LogP contribution is 2.38. The monoisotopic (exact) mass is 453 g/mol. The van der Waals surface area contributed by atoms with Crippen molar-refractivity contribution in [3.05, 3.63) is 53.6 Å². The van der Waals surface area contributed by atoms with E-state index in [1.807, 2.05) is 0 Å². The van der Waals surface area contributed by atoms with Crippen LogP contribution in [0.3, 0.4) is 0 Å². The van der Waals surface area contributed by atoms with Crippen molar-refractivity contribution in [2.75, 3.05) is 31.5 Å². The van der Waals surface area contributed by atoms with Crippen LogP contribution < -0.4 is 14.2 Å². The van der Waals surface area contributed by atoms with Gasteiger partial charge in [0.15, 0.2) is 11.5 Å². The van der Waals surface area contributed by atoms with Gasteiger partial charge in [-0.1, -0.05) is 18.2 Å². The second kappa shape index (κ2) is 8.15. The van der Waals surface area contributed by atoms with E-state index in [2.05, 4.69) is 9.82 Å². The van der Waals surface area contributed by atoms with Gasteiger partial charge < -0.3 is 9.47 Å². The van der Waals surface area contributed by atoms with E-state index in [0.29, 0.717) is 40.4 Å². The number of nitrogens with one attached hydrogen (secondary N) is 1. The van der Waals surface area contributed by atoms with E-state index in [1.165, 1.54) is 14.2 Å². The first-order valence-corrected chi connectivity index (χ1v) is 12.6. The first kappa shape index (κ1) is 21.9. The molecule has 1 aliphatic heterocycles. The largest absolute Gasteiger partial charge is 0.493 e. The van der Waals surface area contributed by atoms with Crippen molar-refractivity contribution in [1.29, 1.82) is 0 Å². The van der Waals surface area contributed by atoms with Crippen LogP contribution in [0.5, 0.6) is 11.5 Å². The van der Waals surface area contributed by atoms with Gasteiger partial charge >= 0.3 is 0 Å². The normalized spacial score (nSPS) is 16.9. The molecule has 0 aliphatic carbocycles. The number of anilines is 1. The number of hydrogen-bond donors (Lipinski definition) is 1. The molecule has 162 valence electrons. The number of sulfonamides is 2. The van der Waals surface area contributed by atoms with E-state index in [1.54, 1.807) is 42.5 Å². The quantitative estimate of drug-likeness (QED) is 0.687. The minimum Gasteiger partial charge on any atom is -0.493 e. The van der Waals surface area contributed by atoms with Gasteiger partial charge in [-0.15, -0.1) is 0 Å². The van der Waals surface area contributed by atoms with E-state index in [4.69, 9.17) is 9.47 Å². The maximum Gasteiger partial charge on any atom is 0.247 e. The van der Waals surface area contributed by atoms with Gasteiger partial charge in [-0.25, -0.2) is 16.8 Å². The van der Waals surface area contributed by atoms with Crippen molar-refractivity contribution in [2.24, 2.45) is 5.10 Å². The van der Waals surface area contributed by atoms with Crippen molar-refractivity contribution >= 4 is 31.4 Å². The predicted octanol–water partition coefficient (Wildman–Crippen LogP) is 2.19. The number of rotatable bonds is 7. The van der Waals surface area contributed by atoms with Crippen LogP contribution in [0.4, 0.5) is 5.69 Å². The molecule has 0 saturated carbocycles. The molecular weight excluding hydrogens is 430 g/mol. The molecular formula is C19H23N3O6S2. The van der Waals surface area contributed by atoms with E-state index >= 15 is 0 Å². The molecule has 11 heteroatoms. The number of benzene rings is 2. The van der Waals surface area contributed by atoms with Crippen LogP contribution in [-0.2, 0) is 20.0 Å². The molecule has 0 radical (unpaired) electrons. The van der Waals surface area contributed by atoms with Crippen molar-refractivity contribution in [1.82, 2.24) is 4.41 Å². The first-order valence-electron chi connectivity index (χ1n) is 8.89. The zero-order chi connectivity index (χ0) is 22.1. The fraction of sp³-hybridized carbons (Fsp3) is 0.316. The summed E-state index contributed by atoms with van der Waals surface area (Å²) in [7, 11) is -4.06. The lowest BCUT2D eigenvalue weighted by Gasteiger charge is -2.22. The minimum absolute atomic E-state index is 0.310. The third-order valence-corrected chi connectivity index (χ3v) is 6.13.